The smallest absolute Gasteiger partial charge is 0.271 e. The largest absolute Gasteiger partial charge is 0.355 e. The normalized spacial score (nSPS) is 11.1. The maximum Gasteiger partial charge on any atom is 0.271 e. The van der Waals surface area contributed by atoms with Crippen LogP contribution < -0.4 is 10.9 Å². The number of H-pyrrole nitrogens is 1. The molecule has 0 bridgehead atoms. The van der Waals surface area contributed by atoms with E-state index in [1.54, 1.807) is 6.07 Å². The summed E-state index contributed by atoms with van der Waals surface area (Å²) in [5.41, 5.74) is 3.77. The molecule has 0 saturated carbocycles. The average Bonchev–Trinajstić information content (AvgIpc) is 3.15. The van der Waals surface area contributed by atoms with E-state index in [0.717, 1.165) is 24.2 Å². The van der Waals surface area contributed by atoms with E-state index in [9.17, 15) is 9.59 Å². The van der Waals surface area contributed by atoms with E-state index >= 15 is 0 Å². The fourth-order valence-electron chi connectivity index (χ4n) is 2.64. The Labute approximate surface area is 142 Å². The molecule has 0 spiro atoms. The quantitative estimate of drug-likeness (QED) is 0.663. The molecule has 0 radical (unpaired) electrons. The number of hydrogen-bond donors (Lipinski definition) is 2. The molecule has 8 heteroatoms. The van der Waals surface area contributed by atoms with Gasteiger partial charge >= 0.3 is 0 Å². The van der Waals surface area contributed by atoms with Gasteiger partial charge in [0.1, 0.15) is 11.2 Å². The topological polar surface area (TPSA) is 92.7 Å². The van der Waals surface area contributed by atoms with E-state index < -0.39 is 0 Å². The molecule has 0 saturated heterocycles. The molecule has 3 aromatic heterocycles. The summed E-state index contributed by atoms with van der Waals surface area (Å²) in [6.07, 6.45) is 3.11. The second-order valence-electron chi connectivity index (χ2n) is 5.68. The van der Waals surface area contributed by atoms with E-state index in [1.165, 1.54) is 27.8 Å². The van der Waals surface area contributed by atoms with Gasteiger partial charge in [0.25, 0.3) is 5.56 Å². The summed E-state index contributed by atoms with van der Waals surface area (Å²) >= 11 is 1.34. The Morgan fingerprint density at radius 1 is 1.42 bits per heavy atom. The molecule has 3 aromatic rings. The van der Waals surface area contributed by atoms with E-state index in [4.69, 9.17) is 0 Å². The third-order valence-corrected chi connectivity index (χ3v) is 4.85. The van der Waals surface area contributed by atoms with Crippen molar-refractivity contribution in [1.82, 2.24) is 25.1 Å². The molecule has 7 nitrogen and oxygen atoms in total. The number of aryl methyl sites for hydroxylation is 2. The van der Waals surface area contributed by atoms with Gasteiger partial charge in [0.2, 0.25) is 5.91 Å². The van der Waals surface area contributed by atoms with Crippen molar-refractivity contribution in [2.24, 2.45) is 0 Å². The fourth-order valence-corrected chi connectivity index (χ4v) is 3.43. The zero-order valence-corrected chi connectivity index (χ0v) is 14.4. The van der Waals surface area contributed by atoms with Crippen molar-refractivity contribution in [2.45, 2.75) is 33.2 Å². The van der Waals surface area contributed by atoms with Gasteiger partial charge in [-0.3, -0.25) is 19.3 Å². The maximum absolute atomic E-state index is 12.2. The summed E-state index contributed by atoms with van der Waals surface area (Å²) in [7, 11) is 0. The molecule has 0 aliphatic heterocycles. The highest BCUT2D eigenvalue weighted by Crippen LogP contribution is 2.13. The van der Waals surface area contributed by atoms with Crippen LogP contribution in [0, 0.1) is 13.8 Å². The van der Waals surface area contributed by atoms with Gasteiger partial charge in [-0.2, -0.15) is 5.10 Å². The summed E-state index contributed by atoms with van der Waals surface area (Å²) in [4.78, 5) is 28.4. The summed E-state index contributed by atoms with van der Waals surface area (Å²) < 4.78 is 1.93. The SMILES string of the molecule is Cc1n[nH]c(C)c1CCCNC(=O)Cn1cnc2ccsc2c1=O. The standard InChI is InChI=1S/C16H19N5O2S/c1-10-12(11(2)20-19-10)4-3-6-17-14(22)8-21-9-18-13-5-7-24-15(13)16(21)23/h5,7,9H,3-4,6,8H2,1-2H3,(H,17,22)(H,19,20). The Bertz CT molecular complexity index is 905. The molecule has 0 aliphatic rings. The molecule has 0 unspecified atom stereocenters. The van der Waals surface area contributed by atoms with Crippen LogP contribution in [-0.4, -0.2) is 32.2 Å². The summed E-state index contributed by atoms with van der Waals surface area (Å²) in [6.45, 7) is 4.52. The summed E-state index contributed by atoms with van der Waals surface area (Å²) in [6, 6.07) is 1.80. The van der Waals surface area contributed by atoms with Crippen LogP contribution in [0.1, 0.15) is 23.4 Å². The van der Waals surface area contributed by atoms with Crippen LogP contribution in [0.3, 0.4) is 0 Å². The van der Waals surface area contributed by atoms with Crippen molar-refractivity contribution >= 4 is 27.5 Å². The molecule has 3 heterocycles. The second kappa shape index (κ2) is 6.96. The number of hydrogen-bond acceptors (Lipinski definition) is 5. The van der Waals surface area contributed by atoms with Crippen molar-refractivity contribution in [3.05, 3.63) is 45.1 Å². The first kappa shape index (κ1) is 16.4. The van der Waals surface area contributed by atoms with Crippen LogP contribution in [0.5, 0.6) is 0 Å². The maximum atomic E-state index is 12.2. The highest BCUT2D eigenvalue weighted by molar-refractivity contribution is 7.17. The van der Waals surface area contributed by atoms with Crippen molar-refractivity contribution in [2.75, 3.05) is 6.54 Å². The van der Waals surface area contributed by atoms with Crippen molar-refractivity contribution < 1.29 is 4.79 Å². The molecule has 0 atom stereocenters. The highest BCUT2D eigenvalue weighted by atomic mass is 32.1. The van der Waals surface area contributed by atoms with Crippen LogP contribution in [0.15, 0.2) is 22.6 Å². The lowest BCUT2D eigenvalue weighted by atomic mass is 10.1. The van der Waals surface area contributed by atoms with Gasteiger partial charge in [0, 0.05) is 12.2 Å². The highest BCUT2D eigenvalue weighted by Gasteiger charge is 2.09. The van der Waals surface area contributed by atoms with Crippen molar-refractivity contribution in [1.29, 1.82) is 0 Å². The van der Waals surface area contributed by atoms with Crippen molar-refractivity contribution in [3.8, 4) is 0 Å². The number of nitrogens with one attached hydrogen (secondary N) is 2. The van der Waals surface area contributed by atoms with Crippen LogP contribution in [0.2, 0.25) is 0 Å². The molecule has 1 amide bonds. The van der Waals surface area contributed by atoms with Crippen LogP contribution in [-0.2, 0) is 17.8 Å². The number of nitrogens with zero attached hydrogens (tertiary/aromatic N) is 3. The molecule has 0 aromatic carbocycles. The Morgan fingerprint density at radius 2 is 2.25 bits per heavy atom. The number of carbonyl (C=O) groups excluding carboxylic acids is 1. The molecule has 126 valence electrons. The lowest BCUT2D eigenvalue weighted by molar-refractivity contribution is -0.121. The molecule has 0 fully saturated rings. The number of thiophene rings is 1. The number of carbonyl (C=O) groups is 1. The minimum absolute atomic E-state index is 0.0105. The third kappa shape index (κ3) is 3.38. The fraction of sp³-hybridized carbons (Fsp3) is 0.375. The Hall–Kier alpha value is -2.48. The van der Waals surface area contributed by atoms with Gasteiger partial charge in [0.05, 0.1) is 17.5 Å². The average molecular weight is 345 g/mol. The Balaban J connectivity index is 1.52. The van der Waals surface area contributed by atoms with Gasteiger partial charge in [-0.15, -0.1) is 11.3 Å². The number of rotatable bonds is 6. The molecule has 3 rings (SSSR count). The first-order chi connectivity index (χ1) is 11.6. The van der Waals surface area contributed by atoms with Gasteiger partial charge in [-0.25, -0.2) is 4.98 Å². The number of fused-ring (bicyclic) bond motifs is 1. The van der Waals surface area contributed by atoms with Crippen molar-refractivity contribution in [3.63, 3.8) is 0 Å². The first-order valence-corrected chi connectivity index (χ1v) is 8.64. The Morgan fingerprint density at radius 3 is 3.00 bits per heavy atom. The predicted octanol–water partition coefficient (Wildman–Crippen LogP) is 1.55. The first-order valence-electron chi connectivity index (χ1n) is 7.76. The zero-order valence-electron chi connectivity index (χ0n) is 13.6. The van der Waals surface area contributed by atoms with E-state index in [-0.39, 0.29) is 18.0 Å². The van der Waals surface area contributed by atoms with Gasteiger partial charge in [0.15, 0.2) is 0 Å². The molecular weight excluding hydrogens is 326 g/mol. The van der Waals surface area contributed by atoms with Gasteiger partial charge < -0.3 is 5.32 Å². The molecule has 24 heavy (non-hydrogen) atoms. The van der Waals surface area contributed by atoms with Gasteiger partial charge in [-0.1, -0.05) is 0 Å². The lowest BCUT2D eigenvalue weighted by Crippen LogP contribution is -2.32. The monoisotopic (exact) mass is 345 g/mol. The number of amides is 1. The lowest BCUT2D eigenvalue weighted by Gasteiger charge is -2.07. The molecular formula is C16H19N5O2S. The predicted molar refractivity (Wildman–Crippen MR) is 93.3 cm³/mol. The summed E-state index contributed by atoms with van der Waals surface area (Å²) in [5.74, 6) is -0.185. The molecule has 0 aliphatic carbocycles. The number of aromatic nitrogens is 4. The van der Waals surface area contributed by atoms with Gasteiger partial charge in [-0.05, 0) is 43.7 Å². The minimum Gasteiger partial charge on any atom is -0.355 e. The third-order valence-electron chi connectivity index (χ3n) is 3.96. The van der Waals surface area contributed by atoms with Crippen LogP contribution in [0.25, 0.3) is 10.2 Å². The van der Waals surface area contributed by atoms with Crippen LogP contribution in [0.4, 0.5) is 0 Å². The zero-order chi connectivity index (χ0) is 17.1. The minimum atomic E-state index is -0.185. The summed E-state index contributed by atoms with van der Waals surface area (Å²) in [5, 5.41) is 11.8. The second-order valence-corrected chi connectivity index (χ2v) is 6.59. The number of aromatic amines is 1. The van der Waals surface area contributed by atoms with E-state index in [2.05, 4.69) is 20.5 Å². The van der Waals surface area contributed by atoms with Crippen LogP contribution >= 0.6 is 11.3 Å². The van der Waals surface area contributed by atoms with E-state index in [1.807, 2.05) is 19.2 Å². The Kier molecular flexibility index (Phi) is 4.75. The molecule has 2 N–H and O–H groups in total. The van der Waals surface area contributed by atoms with E-state index in [0.29, 0.717) is 16.8 Å².